The quantitative estimate of drug-likeness (QED) is 0.862. The van der Waals surface area contributed by atoms with E-state index in [-0.39, 0.29) is 5.91 Å². The summed E-state index contributed by atoms with van der Waals surface area (Å²) >= 11 is 1.53. The molecular weight excluding hydrogens is 258 g/mol. The van der Waals surface area contributed by atoms with Gasteiger partial charge >= 0.3 is 0 Å². The van der Waals surface area contributed by atoms with E-state index in [1.54, 1.807) is 0 Å². The number of carbonyl (C=O) groups is 1. The van der Waals surface area contributed by atoms with E-state index in [0.717, 1.165) is 23.8 Å². The molecule has 2 heterocycles. The number of hydrogen-bond acceptors (Lipinski definition) is 4. The van der Waals surface area contributed by atoms with Gasteiger partial charge in [-0.1, -0.05) is 6.07 Å². The Morgan fingerprint density at radius 2 is 2.32 bits per heavy atom. The van der Waals surface area contributed by atoms with Crippen molar-refractivity contribution in [3.8, 4) is 0 Å². The van der Waals surface area contributed by atoms with Crippen molar-refractivity contribution in [3.05, 3.63) is 22.4 Å². The summed E-state index contributed by atoms with van der Waals surface area (Å²) in [6.07, 6.45) is 3.55. The lowest BCUT2D eigenvalue weighted by Crippen LogP contribution is -2.36. The normalized spacial score (nSPS) is 19.3. The molecule has 0 radical (unpaired) electrons. The van der Waals surface area contributed by atoms with Crippen LogP contribution < -0.4 is 11.1 Å². The van der Waals surface area contributed by atoms with E-state index in [4.69, 9.17) is 5.73 Å². The molecule has 2 rings (SSSR count). The minimum absolute atomic E-state index is 0.0598. The lowest BCUT2D eigenvalue weighted by Gasteiger charge is -2.28. The van der Waals surface area contributed by atoms with Crippen molar-refractivity contribution >= 4 is 17.2 Å². The largest absolute Gasteiger partial charge is 0.354 e. The molecule has 5 heteroatoms. The van der Waals surface area contributed by atoms with Crippen molar-refractivity contribution in [2.75, 3.05) is 26.7 Å². The molecule has 1 fully saturated rings. The van der Waals surface area contributed by atoms with E-state index in [9.17, 15) is 4.79 Å². The van der Waals surface area contributed by atoms with E-state index in [1.165, 1.54) is 37.3 Å². The molecule has 4 nitrogen and oxygen atoms in total. The van der Waals surface area contributed by atoms with Gasteiger partial charge in [-0.15, -0.1) is 11.3 Å². The molecule has 0 spiro atoms. The number of rotatable bonds is 5. The summed E-state index contributed by atoms with van der Waals surface area (Å²) < 4.78 is 0. The summed E-state index contributed by atoms with van der Waals surface area (Å²) in [4.78, 5) is 15.2. The standard InChI is InChI=1S/C14H23N3OS/c1-17-8-5-11(6-9-17)4-7-16-14(18)13(15)12-3-2-10-19-12/h2-3,10-11,13H,4-9,15H2,1H3,(H,16,18). The third-order valence-corrected chi connectivity index (χ3v) is 4.78. The van der Waals surface area contributed by atoms with Gasteiger partial charge < -0.3 is 16.0 Å². The third-order valence-electron chi connectivity index (χ3n) is 3.82. The maximum atomic E-state index is 11.9. The first-order chi connectivity index (χ1) is 9.16. The molecule has 1 aromatic heterocycles. The lowest BCUT2D eigenvalue weighted by molar-refractivity contribution is -0.122. The van der Waals surface area contributed by atoms with Crippen molar-refractivity contribution in [3.63, 3.8) is 0 Å². The van der Waals surface area contributed by atoms with Crippen molar-refractivity contribution < 1.29 is 4.79 Å². The maximum absolute atomic E-state index is 11.9. The fourth-order valence-corrected chi connectivity index (χ4v) is 3.18. The first kappa shape index (κ1) is 14.5. The van der Waals surface area contributed by atoms with Gasteiger partial charge in [0.05, 0.1) is 0 Å². The minimum Gasteiger partial charge on any atom is -0.354 e. The summed E-state index contributed by atoms with van der Waals surface area (Å²) in [5.41, 5.74) is 5.91. The van der Waals surface area contributed by atoms with Crippen LogP contribution in [-0.4, -0.2) is 37.5 Å². The number of nitrogens with zero attached hydrogens (tertiary/aromatic N) is 1. The van der Waals surface area contributed by atoms with Gasteiger partial charge in [-0.25, -0.2) is 0 Å². The lowest BCUT2D eigenvalue weighted by atomic mass is 9.94. The average Bonchev–Trinajstić information content (AvgIpc) is 2.94. The first-order valence-corrected chi connectivity index (χ1v) is 7.80. The van der Waals surface area contributed by atoms with Crippen LogP contribution in [0.4, 0.5) is 0 Å². The Bertz CT molecular complexity index is 385. The molecule has 1 saturated heterocycles. The number of likely N-dealkylation sites (tertiary alicyclic amines) is 1. The predicted molar refractivity (Wildman–Crippen MR) is 79.1 cm³/mol. The molecule has 1 aliphatic rings. The SMILES string of the molecule is CN1CCC(CCNC(=O)C(N)c2cccs2)CC1. The highest BCUT2D eigenvalue weighted by atomic mass is 32.1. The Balaban J connectivity index is 1.66. The summed E-state index contributed by atoms with van der Waals surface area (Å²) in [6, 6.07) is 3.31. The third kappa shape index (κ3) is 4.30. The monoisotopic (exact) mass is 281 g/mol. The summed E-state index contributed by atoms with van der Waals surface area (Å²) in [6.45, 7) is 3.09. The minimum atomic E-state index is -0.516. The molecular formula is C14H23N3OS. The second-order valence-electron chi connectivity index (χ2n) is 5.32. The molecule has 1 aromatic rings. The Hall–Kier alpha value is -0.910. The average molecular weight is 281 g/mol. The zero-order valence-corrected chi connectivity index (χ0v) is 12.3. The van der Waals surface area contributed by atoms with E-state index < -0.39 is 6.04 Å². The molecule has 0 aromatic carbocycles. The van der Waals surface area contributed by atoms with Crippen molar-refractivity contribution in [2.24, 2.45) is 11.7 Å². The Morgan fingerprint density at radius 1 is 1.58 bits per heavy atom. The number of amides is 1. The highest BCUT2D eigenvalue weighted by molar-refractivity contribution is 7.10. The predicted octanol–water partition coefficient (Wildman–Crippen LogP) is 1.60. The van der Waals surface area contributed by atoms with Gasteiger partial charge in [0.15, 0.2) is 0 Å². The van der Waals surface area contributed by atoms with Crippen molar-refractivity contribution in [1.82, 2.24) is 10.2 Å². The molecule has 0 aliphatic carbocycles. The van der Waals surface area contributed by atoms with E-state index in [2.05, 4.69) is 17.3 Å². The molecule has 1 aliphatic heterocycles. The fraction of sp³-hybridized carbons (Fsp3) is 0.643. The van der Waals surface area contributed by atoms with Gasteiger partial charge in [0.2, 0.25) is 5.91 Å². The molecule has 1 unspecified atom stereocenters. The zero-order valence-electron chi connectivity index (χ0n) is 11.5. The second kappa shape index (κ2) is 7.03. The molecule has 1 amide bonds. The van der Waals surface area contributed by atoms with Gasteiger partial charge in [-0.2, -0.15) is 0 Å². The topological polar surface area (TPSA) is 58.4 Å². The van der Waals surface area contributed by atoms with E-state index in [1.807, 2.05) is 17.5 Å². The highest BCUT2D eigenvalue weighted by Gasteiger charge is 2.19. The van der Waals surface area contributed by atoms with E-state index in [0.29, 0.717) is 0 Å². The molecule has 3 N–H and O–H groups in total. The van der Waals surface area contributed by atoms with Crippen LogP contribution in [-0.2, 0) is 4.79 Å². The van der Waals surface area contributed by atoms with Gasteiger partial charge in [-0.3, -0.25) is 4.79 Å². The Kier molecular flexibility index (Phi) is 5.36. The second-order valence-corrected chi connectivity index (χ2v) is 6.30. The van der Waals surface area contributed by atoms with Gasteiger partial charge in [-0.05, 0) is 56.8 Å². The fourth-order valence-electron chi connectivity index (χ4n) is 2.46. The number of carbonyl (C=O) groups excluding carboxylic acids is 1. The van der Waals surface area contributed by atoms with Crippen LogP contribution >= 0.6 is 11.3 Å². The van der Waals surface area contributed by atoms with Gasteiger partial charge in [0, 0.05) is 11.4 Å². The smallest absolute Gasteiger partial charge is 0.242 e. The Labute approximate surface area is 119 Å². The molecule has 106 valence electrons. The Morgan fingerprint density at radius 3 is 2.95 bits per heavy atom. The van der Waals surface area contributed by atoms with Crippen LogP contribution in [0.25, 0.3) is 0 Å². The summed E-state index contributed by atoms with van der Waals surface area (Å²) in [5.74, 6) is 0.685. The number of nitrogens with one attached hydrogen (secondary N) is 1. The van der Waals surface area contributed by atoms with Gasteiger partial charge in [0.25, 0.3) is 0 Å². The summed E-state index contributed by atoms with van der Waals surface area (Å²) in [7, 11) is 2.16. The number of hydrogen-bond donors (Lipinski definition) is 2. The first-order valence-electron chi connectivity index (χ1n) is 6.92. The van der Waals surface area contributed by atoms with Gasteiger partial charge in [0.1, 0.15) is 6.04 Å². The molecule has 0 bridgehead atoms. The van der Waals surface area contributed by atoms with Crippen LogP contribution in [0.15, 0.2) is 17.5 Å². The van der Waals surface area contributed by atoms with Crippen LogP contribution in [0.5, 0.6) is 0 Å². The molecule has 1 atom stereocenters. The maximum Gasteiger partial charge on any atom is 0.242 e. The molecule has 19 heavy (non-hydrogen) atoms. The number of piperidine rings is 1. The van der Waals surface area contributed by atoms with Crippen LogP contribution in [0.3, 0.4) is 0 Å². The highest BCUT2D eigenvalue weighted by Crippen LogP contribution is 2.19. The number of nitrogens with two attached hydrogens (primary N) is 1. The zero-order chi connectivity index (χ0) is 13.7. The van der Waals surface area contributed by atoms with Crippen LogP contribution in [0.2, 0.25) is 0 Å². The van der Waals surface area contributed by atoms with E-state index >= 15 is 0 Å². The summed E-state index contributed by atoms with van der Waals surface area (Å²) in [5, 5.41) is 4.90. The number of thiophene rings is 1. The van der Waals surface area contributed by atoms with Crippen LogP contribution in [0, 0.1) is 5.92 Å². The van der Waals surface area contributed by atoms with Crippen LogP contribution in [0.1, 0.15) is 30.2 Å². The molecule has 0 saturated carbocycles. The van der Waals surface area contributed by atoms with Crippen molar-refractivity contribution in [1.29, 1.82) is 0 Å². The van der Waals surface area contributed by atoms with Crippen molar-refractivity contribution in [2.45, 2.75) is 25.3 Å².